The Kier molecular flexibility index (Phi) is 4.20. The van der Waals surface area contributed by atoms with Crippen molar-refractivity contribution in [1.29, 1.82) is 0 Å². The summed E-state index contributed by atoms with van der Waals surface area (Å²) in [5.74, 6) is 1.60. The molecule has 2 aliphatic rings. The van der Waals surface area contributed by atoms with Crippen molar-refractivity contribution in [2.75, 3.05) is 18.0 Å². The highest BCUT2D eigenvalue weighted by molar-refractivity contribution is 5.49. The van der Waals surface area contributed by atoms with Gasteiger partial charge in [0.15, 0.2) is 0 Å². The number of anilines is 1. The van der Waals surface area contributed by atoms with Gasteiger partial charge in [0.05, 0.1) is 6.20 Å². The van der Waals surface area contributed by atoms with Crippen LogP contribution in [-0.4, -0.2) is 24.1 Å². The van der Waals surface area contributed by atoms with Crippen LogP contribution in [0.2, 0.25) is 0 Å². The maximum atomic E-state index is 13.5. The van der Waals surface area contributed by atoms with Gasteiger partial charge >= 0.3 is 0 Å². The number of nitrogens with one attached hydrogen (secondary N) is 1. The molecular formula is C16H24FN3. The van der Waals surface area contributed by atoms with Gasteiger partial charge in [-0.15, -0.1) is 0 Å². The van der Waals surface area contributed by atoms with Gasteiger partial charge in [-0.2, -0.15) is 0 Å². The molecule has 0 atom stereocenters. The van der Waals surface area contributed by atoms with Gasteiger partial charge in [-0.05, 0) is 50.6 Å². The van der Waals surface area contributed by atoms with Crippen LogP contribution in [0.1, 0.15) is 44.6 Å². The topological polar surface area (TPSA) is 28.2 Å². The molecule has 3 nitrogen and oxygen atoms in total. The molecule has 1 N–H and O–H groups in total. The van der Waals surface area contributed by atoms with Crippen molar-refractivity contribution in [3.8, 4) is 0 Å². The molecule has 0 unspecified atom stereocenters. The molecule has 0 radical (unpaired) electrons. The van der Waals surface area contributed by atoms with E-state index in [-0.39, 0.29) is 5.82 Å². The predicted octanol–water partition coefficient (Wildman–Crippen LogP) is 3.10. The van der Waals surface area contributed by atoms with Crippen LogP contribution < -0.4 is 10.2 Å². The molecule has 1 aromatic heterocycles. The van der Waals surface area contributed by atoms with E-state index in [0.717, 1.165) is 36.8 Å². The van der Waals surface area contributed by atoms with Crippen molar-refractivity contribution in [2.45, 2.75) is 51.6 Å². The van der Waals surface area contributed by atoms with Crippen molar-refractivity contribution in [2.24, 2.45) is 5.92 Å². The van der Waals surface area contributed by atoms with Crippen LogP contribution >= 0.6 is 0 Å². The highest BCUT2D eigenvalue weighted by Crippen LogP contribution is 2.38. The average Bonchev–Trinajstić information content (AvgIpc) is 3.30. The first-order valence-electron chi connectivity index (χ1n) is 7.89. The Hall–Kier alpha value is -1.16. The van der Waals surface area contributed by atoms with Gasteiger partial charge in [-0.3, -0.25) is 0 Å². The summed E-state index contributed by atoms with van der Waals surface area (Å²) in [4.78, 5) is 6.84. The Morgan fingerprint density at radius 2 is 2.15 bits per heavy atom. The standard InChI is InChI=1S/C16H24FN3/c1-2-7-18-9-13-8-14(17)10-19-16(13)20(15-5-6-15)11-12-3-4-12/h8,10,12,15,18H,2-7,9,11H2,1H3. The summed E-state index contributed by atoms with van der Waals surface area (Å²) < 4.78 is 13.5. The molecule has 4 heteroatoms. The minimum atomic E-state index is -0.232. The van der Waals surface area contributed by atoms with Crippen LogP contribution in [0.3, 0.4) is 0 Å². The fraction of sp³-hybridized carbons (Fsp3) is 0.688. The van der Waals surface area contributed by atoms with Crippen LogP contribution in [0.25, 0.3) is 0 Å². The highest BCUT2D eigenvalue weighted by Gasteiger charge is 2.35. The maximum absolute atomic E-state index is 13.5. The third kappa shape index (κ3) is 3.48. The number of rotatable bonds is 8. The molecule has 1 heterocycles. The molecule has 2 fully saturated rings. The van der Waals surface area contributed by atoms with Gasteiger partial charge in [-0.25, -0.2) is 9.37 Å². The number of hydrogen-bond acceptors (Lipinski definition) is 3. The lowest BCUT2D eigenvalue weighted by atomic mass is 10.2. The molecule has 0 aromatic carbocycles. The first-order chi connectivity index (χ1) is 9.78. The molecule has 0 amide bonds. The molecule has 20 heavy (non-hydrogen) atoms. The normalized spacial score (nSPS) is 18.3. The first-order valence-corrected chi connectivity index (χ1v) is 7.89. The van der Waals surface area contributed by atoms with E-state index in [4.69, 9.17) is 0 Å². The Morgan fingerprint density at radius 1 is 1.35 bits per heavy atom. The fourth-order valence-corrected chi connectivity index (χ4v) is 2.64. The van der Waals surface area contributed by atoms with Crippen LogP contribution in [0.4, 0.5) is 10.2 Å². The number of aromatic nitrogens is 1. The van der Waals surface area contributed by atoms with Gasteiger partial charge < -0.3 is 10.2 Å². The Bertz CT molecular complexity index is 455. The third-order valence-electron chi connectivity index (χ3n) is 4.06. The summed E-state index contributed by atoms with van der Waals surface area (Å²) in [6.07, 6.45) is 7.65. The van der Waals surface area contributed by atoms with Crippen molar-refractivity contribution >= 4 is 5.82 Å². The first kappa shape index (κ1) is 13.8. The highest BCUT2D eigenvalue weighted by atomic mass is 19.1. The minimum Gasteiger partial charge on any atom is -0.353 e. The Labute approximate surface area is 120 Å². The molecule has 0 bridgehead atoms. The van der Waals surface area contributed by atoms with Crippen LogP contribution in [-0.2, 0) is 6.54 Å². The smallest absolute Gasteiger partial charge is 0.141 e. The quantitative estimate of drug-likeness (QED) is 0.740. The number of nitrogens with zero attached hydrogens (tertiary/aromatic N) is 2. The van der Waals surface area contributed by atoms with Crippen LogP contribution in [0.5, 0.6) is 0 Å². The number of hydrogen-bond donors (Lipinski definition) is 1. The van der Waals surface area contributed by atoms with Crippen LogP contribution in [0.15, 0.2) is 12.3 Å². The van der Waals surface area contributed by atoms with Gasteiger partial charge in [0.2, 0.25) is 0 Å². The summed E-state index contributed by atoms with van der Waals surface area (Å²) in [7, 11) is 0. The number of pyridine rings is 1. The van der Waals surface area contributed by atoms with E-state index in [2.05, 4.69) is 22.1 Å². The van der Waals surface area contributed by atoms with E-state index in [9.17, 15) is 4.39 Å². The zero-order chi connectivity index (χ0) is 13.9. The maximum Gasteiger partial charge on any atom is 0.141 e. The lowest BCUT2D eigenvalue weighted by Crippen LogP contribution is -2.31. The molecule has 1 aromatic rings. The van der Waals surface area contributed by atoms with Gasteiger partial charge in [0, 0.05) is 24.7 Å². The van der Waals surface area contributed by atoms with E-state index < -0.39 is 0 Å². The van der Waals surface area contributed by atoms with Crippen molar-refractivity contribution in [1.82, 2.24) is 10.3 Å². The van der Waals surface area contributed by atoms with Crippen molar-refractivity contribution < 1.29 is 4.39 Å². The third-order valence-corrected chi connectivity index (χ3v) is 4.06. The van der Waals surface area contributed by atoms with Crippen molar-refractivity contribution in [3.05, 3.63) is 23.6 Å². The number of halogens is 1. The van der Waals surface area contributed by atoms with E-state index in [1.165, 1.54) is 31.9 Å². The van der Waals surface area contributed by atoms with Crippen LogP contribution in [0, 0.1) is 11.7 Å². The van der Waals surface area contributed by atoms with Crippen molar-refractivity contribution in [3.63, 3.8) is 0 Å². The predicted molar refractivity (Wildman–Crippen MR) is 79.3 cm³/mol. The minimum absolute atomic E-state index is 0.232. The second-order valence-electron chi connectivity index (χ2n) is 6.14. The molecule has 3 rings (SSSR count). The lowest BCUT2D eigenvalue weighted by molar-refractivity contribution is 0.606. The Balaban J connectivity index is 1.77. The summed E-state index contributed by atoms with van der Waals surface area (Å²) in [6.45, 7) is 4.91. The molecule has 0 aliphatic heterocycles. The molecule has 2 aliphatic carbocycles. The molecule has 0 saturated heterocycles. The summed E-state index contributed by atoms with van der Waals surface area (Å²) in [5, 5.41) is 3.37. The van der Waals surface area contributed by atoms with E-state index in [1.807, 2.05) is 0 Å². The summed E-state index contributed by atoms with van der Waals surface area (Å²) in [6, 6.07) is 2.28. The SMILES string of the molecule is CCCNCc1cc(F)cnc1N(CC1CC1)C1CC1. The monoisotopic (exact) mass is 277 g/mol. The fourth-order valence-electron chi connectivity index (χ4n) is 2.64. The molecule has 0 spiro atoms. The molecule has 2 saturated carbocycles. The molecule has 110 valence electrons. The Morgan fingerprint density at radius 3 is 2.80 bits per heavy atom. The largest absolute Gasteiger partial charge is 0.353 e. The second-order valence-corrected chi connectivity index (χ2v) is 6.14. The summed E-state index contributed by atoms with van der Waals surface area (Å²) in [5.41, 5.74) is 1.01. The van der Waals surface area contributed by atoms with E-state index >= 15 is 0 Å². The zero-order valence-electron chi connectivity index (χ0n) is 12.2. The average molecular weight is 277 g/mol. The van der Waals surface area contributed by atoms with Gasteiger partial charge in [0.1, 0.15) is 11.6 Å². The summed E-state index contributed by atoms with van der Waals surface area (Å²) >= 11 is 0. The van der Waals surface area contributed by atoms with E-state index in [0.29, 0.717) is 12.6 Å². The van der Waals surface area contributed by atoms with Gasteiger partial charge in [0.25, 0.3) is 0 Å². The molecular weight excluding hydrogens is 253 g/mol. The van der Waals surface area contributed by atoms with Gasteiger partial charge in [-0.1, -0.05) is 6.92 Å². The lowest BCUT2D eigenvalue weighted by Gasteiger charge is -2.26. The zero-order valence-corrected chi connectivity index (χ0v) is 12.2. The second kappa shape index (κ2) is 6.08. The van der Waals surface area contributed by atoms with E-state index in [1.54, 1.807) is 6.07 Å².